The number of ether oxygens (including phenoxy) is 2. The summed E-state index contributed by atoms with van der Waals surface area (Å²) in [5.74, 6) is 0.471. The van der Waals surface area contributed by atoms with E-state index in [1.807, 2.05) is 35.9 Å². The van der Waals surface area contributed by atoms with Crippen LogP contribution in [0.4, 0.5) is 13.2 Å². The Morgan fingerprint density at radius 2 is 1.79 bits per heavy atom. The van der Waals surface area contributed by atoms with Crippen molar-refractivity contribution >= 4 is 11.7 Å². The number of benzene rings is 2. The Kier molecular flexibility index (Phi) is 7.79. The first-order chi connectivity index (χ1) is 18.5. The van der Waals surface area contributed by atoms with E-state index in [1.165, 1.54) is 24.3 Å². The van der Waals surface area contributed by atoms with Crippen molar-refractivity contribution < 1.29 is 32.5 Å². The zero-order valence-electron chi connectivity index (χ0n) is 21.0. The highest BCUT2D eigenvalue weighted by Gasteiger charge is 2.31. The second-order valence-electron chi connectivity index (χ2n) is 8.27. The molecule has 0 radical (unpaired) electrons. The largest absolute Gasteiger partial charge is 0.573 e. The normalized spacial score (nSPS) is 11.1. The van der Waals surface area contributed by atoms with E-state index in [0.29, 0.717) is 35.0 Å². The molecule has 5 rings (SSSR count). The summed E-state index contributed by atoms with van der Waals surface area (Å²) in [7, 11) is 1.61. The van der Waals surface area contributed by atoms with Crippen LogP contribution in [-0.4, -0.2) is 53.7 Å². The minimum absolute atomic E-state index is 0.297. The van der Waals surface area contributed by atoms with Gasteiger partial charge < -0.3 is 19.1 Å². The van der Waals surface area contributed by atoms with Gasteiger partial charge in [-0.3, -0.25) is 4.79 Å². The molecule has 10 nitrogen and oxygen atoms in total. The van der Waals surface area contributed by atoms with Crippen molar-refractivity contribution in [1.29, 1.82) is 0 Å². The molecule has 0 aliphatic rings. The molecule has 0 aliphatic carbocycles. The van der Waals surface area contributed by atoms with Gasteiger partial charge >= 0.3 is 6.36 Å². The molecule has 0 aliphatic heterocycles. The predicted molar refractivity (Wildman–Crippen MR) is 134 cm³/mol. The molecule has 0 fully saturated rings. The number of aliphatic carboxylic acids is 1. The van der Waals surface area contributed by atoms with Crippen LogP contribution in [0.1, 0.15) is 24.0 Å². The highest BCUT2D eigenvalue weighted by molar-refractivity contribution is 5.63. The van der Waals surface area contributed by atoms with Gasteiger partial charge in [-0.1, -0.05) is 6.07 Å². The first kappa shape index (κ1) is 27.1. The van der Waals surface area contributed by atoms with Gasteiger partial charge in [-0.05, 0) is 55.0 Å². The van der Waals surface area contributed by atoms with E-state index in [1.54, 1.807) is 30.2 Å². The summed E-state index contributed by atoms with van der Waals surface area (Å²) in [6.07, 6.45) is 0.904. The summed E-state index contributed by atoms with van der Waals surface area (Å²) < 4.78 is 50.3. The summed E-state index contributed by atoms with van der Waals surface area (Å²) >= 11 is 0. The minimum Gasteiger partial charge on any atom is -0.495 e. The Morgan fingerprint density at radius 3 is 2.41 bits per heavy atom. The highest BCUT2D eigenvalue weighted by atomic mass is 19.4. The fourth-order valence-electron chi connectivity index (χ4n) is 3.74. The molecule has 0 bridgehead atoms. The SMILES string of the molecule is CC(=O)O.COc1cc(Cc2nc3nccc(-c4ccc(OC(F)(F)F)cc4)n3n2)ccc1-n1cnc(C)c1. The lowest BCUT2D eigenvalue weighted by molar-refractivity contribution is -0.274. The number of carbonyl (C=O) groups is 1. The number of aromatic nitrogens is 6. The maximum atomic E-state index is 12.4. The monoisotopic (exact) mass is 540 g/mol. The minimum atomic E-state index is -4.75. The van der Waals surface area contributed by atoms with Crippen molar-refractivity contribution in [2.24, 2.45) is 0 Å². The Balaban J connectivity index is 0.000000826. The smallest absolute Gasteiger partial charge is 0.495 e. The number of alkyl halides is 3. The van der Waals surface area contributed by atoms with Crippen molar-refractivity contribution in [3.8, 4) is 28.4 Å². The lowest BCUT2D eigenvalue weighted by atomic mass is 10.1. The summed E-state index contributed by atoms with van der Waals surface area (Å²) in [5.41, 5.74) is 3.98. The van der Waals surface area contributed by atoms with Crippen LogP contribution >= 0.6 is 0 Å². The van der Waals surface area contributed by atoms with Gasteiger partial charge in [0.2, 0.25) is 0 Å². The van der Waals surface area contributed by atoms with Crippen LogP contribution in [0.5, 0.6) is 11.5 Å². The number of hydrogen-bond acceptors (Lipinski definition) is 7. The molecular formula is C26H23F3N6O4. The highest BCUT2D eigenvalue weighted by Crippen LogP contribution is 2.28. The number of carboxylic acid groups (broad SMARTS) is 1. The fourth-order valence-corrected chi connectivity index (χ4v) is 3.74. The zero-order valence-corrected chi connectivity index (χ0v) is 21.0. The summed E-state index contributed by atoms with van der Waals surface area (Å²) in [5, 5.41) is 12.0. The van der Waals surface area contributed by atoms with Crippen LogP contribution in [0.15, 0.2) is 67.3 Å². The summed E-state index contributed by atoms with van der Waals surface area (Å²) in [4.78, 5) is 22.0. The molecule has 0 amide bonds. The van der Waals surface area contributed by atoms with Gasteiger partial charge in [0.1, 0.15) is 11.5 Å². The number of aryl methyl sites for hydroxylation is 1. The maximum absolute atomic E-state index is 12.4. The molecule has 13 heteroatoms. The standard InChI is InChI=1S/C24H19F3N6O2.C2H4O2/c1-15-13-32(14-29-15)20-8-3-16(11-21(20)34-2)12-22-30-23-28-10-9-19(33(23)31-22)17-4-6-18(7-5-17)35-24(25,26)27;1-2(3)4/h3-11,13-14H,12H2,1-2H3;1H3,(H,3,4). The average Bonchev–Trinajstić information content (AvgIpc) is 3.48. The fraction of sp³-hybridized carbons (Fsp3) is 0.192. The first-order valence-corrected chi connectivity index (χ1v) is 11.5. The third kappa shape index (κ3) is 6.89. The lowest BCUT2D eigenvalue weighted by Gasteiger charge is -2.10. The number of carboxylic acids is 1. The van der Waals surface area contributed by atoms with Gasteiger partial charge in [-0.25, -0.2) is 9.97 Å². The maximum Gasteiger partial charge on any atom is 0.573 e. The van der Waals surface area contributed by atoms with Crippen LogP contribution < -0.4 is 9.47 Å². The Labute approximate surface area is 220 Å². The molecule has 0 atom stereocenters. The van der Waals surface area contributed by atoms with Crippen LogP contribution in [0, 0.1) is 6.92 Å². The van der Waals surface area contributed by atoms with E-state index < -0.39 is 12.3 Å². The van der Waals surface area contributed by atoms with Crippen molar-refractivity contribution in [2.45, 2.75) is 26.6 Å². The molecule has 0 spiro atoms. The van der Waals surface area contributed by atoms with Crippen LogP contribution in [0.25, 0.3) is 22.7 Å². The summed E-state index contributed by atoms with van der Waals surface area (Å²) in [6, 6.07) is 13.1. The predicted octanol–water partition coefficient (Wildman–Crippen LogP) is 4.87. The van der Waals surface area contributed by atoms with Crippen molar-refractivity contribution in [2.75, 3.05) is 7.11 Å². The van der Waals surface area contributed by atoms with E-state index >= 15 is 0 Å². The molecule has 1 N–H and O–H groups in total. The van der Waals surface area contributed by atoms with E-state index in [2.05, 4.69) is 24.8 Å². The third-order valence-corrected chi connectivity index (χ3v) is 5.26. The number of halogens is 3. The Hall–Kier alpha value is -4.94. The second kappa shape index (κ2) is 11.2. The molecule has 39 heavy (non-hydrogen) atoms. The van der Waals surface area contributed by atoms with E-state index in [9.17, 15) is 13.2 Å². The lowest BCUT2D eigenvalue weighted by Crippen LogP contribution is -2.16. The average molecular weight is 541 g/mol. The molecule has 5 aromatic rings. The number of imidazole rings is 1. The zero-order chi connectivity index (χ0) is 28.2. The molecule has 0 saturated carbocycles. The Morgan fingerprint density at radius 1 is 1.08 bits per heavy atom. The molecule has 2 aromatic carbocycles. The van der Waals surface area contributed by atoms with Crippen LogP contribution in [-0.2, 0) is 11.2 Å². The molecule has 0 saturated heterocycles. The molecule has 3 heterocycles. The van der Waals surface area contributed by atoms with Gasteiger partial charge in [0.25, 0.3) is 11.7 Å². The Bertz CT molecular complexity index is 1590. The number of hydrogen-bond donors (Lipinski definition) is 1. The molecule has 0 unspecified atom stereocenters. The van der Waals surface area contributed by atoms with Crippen molar-refractivity contribution in [1.82, 2.24) is 29.1 Å². The number of fused-ring (bicyclic) bond motifs is 1. The third-order valence-electron chi connectivity index (χ3n) is 5.26. The van der Waals surface area contributed by atoms with Gasteiger partial charge in [-0.2, -0.15) is 9.50 Å². The molecular weight excluding hydrogens is 517 g/mol. The number of rotatable bonds is 6. The van der Waals surface area contributed by atoms with E-state index in [0.717, 1.165) is 23.9 Å². The van der Waals surface area contributed by atoms with Gasteiger partial charge in [-0.15, -0.1) is 18.3 Å². The second-order valence-corrected chi connectivity index (χ2v) is 8.27. The molecule has 3 aromatic heterocycles. The topological polar surface area (TPSA) is 117 Å². The van der Waals surface area contributed by atoms with E-state index in [4.69, 9.17) is 14.6 Å². The van der Waals surface area contributed by atoms with E-state index in [-0.39, 0.29) is 5.75 Å². The van der Waals surface area contributed by atoms with Crippen molar-refractivity contribution in [3.05, 3.63) is 84.3 Å². The quantitative estimate of drug-likeness (QED) is 0.324. The van der Waals surface area contributed by atoms with Crippen molar-refractivity contribution in [3.63, 3.8) is 0 Å². The van der Waals surface area contributed by atoms with Gasteiger partial charge in [0.05, 0.1) is 30.5 Å². The van der Waals surface area contributed by atoms with Crippen LogP contribution in [0.3, 0.4) is 0 Å². The summed E-state index contributed by atoms with van der Waals surface area (Å²) in [6.45, 7) is 3.00. The number of methoxy groups -OCH3 is 1. The first-order valence-electron chi connectivity index (χ1n) is 11.5. The van der Waals surface area contributed by atoms with Gasteiger partial charge in [0, 0.05) is 31.3 Å². The number of nitrogens with zero attached hydrogens (tertiary/aromatic N) is 6. The van der Waals surface area contributed by atoms with Gasteiger partial charge in [0.15, 0.2) is 5.82 Å². The molecule has 202 valence electrons. The van der Waals surface area contributed by atoms with Crippen LogP contribution in [0.2, 0.25) is 0 Å².